The fraction of sp³-hybridized carbons (Fsp3) is 0.167. The van der Waals surface area contributed by atoms with Gasteiger partial charge in [0.15, 0.2) is 0 Å². The summed E-state index contributed by atoms with van der Waals surface area (Å²) in [6, 6.07) is 11.7. The second-order valence-electron chi connectivity index (χ2n) is 5.02. The van der Waals surface area contributed by atoms with Crippen LogP contribution < -0.4 is 14.8 Å². The molecule has 0 aliphatic carbocycles. The molecule has 0 heterocycles. The summed E-state index contributed by atoms with van der Waals surface area (Å²) in [5.74, 6) is -0.305. The van der Waals surface area contributed by atoms with Crippen LogP contribution in [0, 0.1) is 0 Å². The molecule has 26 heavy (non-hydrogen) atoms. The average Bonchev–Trinajstić information content (AvgIpc) is 2.59. The Labute approximate surface area is 147 Å². The van der Waals surface area contributed by atoms with Gasteiger partial charge in [-0.1, -0.05) is 24.3 Å². The molecule has 0 saturated carbocycles. The number of halogens is 4. The van der Waals surface area contributed by atoms with Gasteiger partial charge in [-0.15, -0.1) is 0 Å². The Bertz CT molecular complexity index is 731. The van der Waals surface area contributed by atoms with E-state index >= 15 is 0 Å². The fourth-order valence-electron chi connectivity index (χ4n) is 1.97. The van der Waals surface area contributed by atoms with Crippen LogP contribution in [0.2, 0.25) is 0 Å². The first-order chi connectivity index (χ1) is 12.4. The van der Waals surface area contributed by atoms with Gasteiger partial charge >= 0.3 is 13.2 Å². The summed E-state index contributed by atoms with van der Waals surface area (Å²) in [7, 11) is 0. The Balaban J connectivity index is 1.81. The van der Waals surface area contributed by atoms with Gasteiger partial charge < -0.3 is 14.8 Å². The summed E-state index contributed by atoms with van der Waals surface area (Å²) in [4.78, 5) is 11.8. The van der Waals surface area contributed by atoms with E-state index in [0.29, 0.717) is 11.1 Å². The minimum Gasteiger partial charge on any atom is -0.435 e. The third-order valence-corrected chi connectivity index (χ3v) is 3.15. The van der Waals surface area contributed by atoms with E-state index < -0.39 is 13.2 Å². The third-order valence-electron chi connectivity index (χ3n) is 3.15. The zero-order chi connectivity index (χ0) is 18.9. The molecule has 4 nitrogen and oxygen atoms in total. The maximum atomic E-state index is 12.1. The SMILES string of the molecule is O=C(/C=C/c1ccc(OC(F)F)cc1)NCc1ccc(OC(F)F)cc1. The topological polar surface area (TPSA) is 47.6 Å². The molecule has 2 rings (SSSR count). The predicted octanol–water partition coefficient (Wildman–Crippen LogP) is 4.22. The van der Waals surface area contributed by atoms with Gasteiger partial charge in [0, 0.05) is 12.6 Å². The van der Waals surface area contributed by atoms with Gasteiger partial charge in [-0.05, 0) is 41.5 Å². The van der Waals surface area contributed by atoms with Gasteiger partial charge in [0.25, 0.3) is 0 Å². The van der Waals surface area contributed by atoms with E-state index in [1.807, 2.05) is 0 Å². The highest BCUT2D eigenvalue weighted by Gasteiger charge is 2.05. The Kier molecular flexibility index (Phi) is 7.02. The van der Waals surface area contributed by atoms with E-state index in [1.54, 1.807) is 12.1 Å². The largest absolute Gasteiger partial charge is 0.435 e. The summed E-state index contributed by atoms with van der Waals surface area (Å²) in [5, 5.41) is 2.63. The van der Waals surface area contributed by atoms with Crippen molar-refractivity contribution in [1.82, 2.24) is 5.32 Å². The van der Waals surface area contributed by atoms with Crippen molar-refractivity contribution in [1.29, 1.82) is 0 Å². The monoisotopic (exact) mass is 369 g/mol. The van der Waals surface area contributed by atoms with Gasteiger partial charge in [-0.3, -0.25) is 4.79 Å². The minimum absolute atomic E-state index is 0.0286. The van der Waals surface area contributed by atoms with Crippen molar-refractivity contribution in [2.45, 2.75) is 19.8 Å². The number of carbonyl (C=O) groups is 1. The molecule has 0 aliphatic rings. The summed E-state index contributed by atoms with van der Waals surface area (Å²) in [6.45, 7) is -5.57. The van der Waals surface area contributed by atoms with E-state index in [-0.39, 0.29) is 24.0 Å². The van der Waals surface area contributed by atoms with Crippen molar-refractivity contribution in [3.8, 4) is 11.5 Å². The second-order valence-corrected chi connectivity index (χ2v) is 5.02. The van der Waals surface area contributed by atoms with Crippen LogP contribution in [-0.2, 0) is 11.3 Å². The van der Waals surface area contributed by atoms with Crippen LogP contribution in [0.25, 0.3) is 6.08 Å². The number of alkyl halides is 4. The Morgan fingerprint density at radius 3 is 1.88 bits per heavy atom. The van der Waals surface area contributed by atoms with Crippen LogP contribution in [0.15, 0.2) is 54.6 Å². The quantitative estimate of drug-likeness (QED) is 0.560. The van der Waals surface area contributed by atoms with Crippen molar-refractivity contribution < 1.29 is 31.8 Å². The first-order valence-electron chi connectivity index (χ1n) is 7.47. The predicted molar refractivity (Wildman–Crippen MR) is 87.0 cm³/mol. The van der Waals surface area contributed by atoms with Crippen LogP contribution >= 0.6 is 0 Å². The number of nitrogens with one attached hydrogen (secondary N) is 1. The molecule has 2 aromatic carbocycles. The lowest BCUT2D eigenvalue weighted by Gasteiger charge is -2.06. The van der Waals surface area contributed by atoms with Gasteiger partial charge in [-0.2, -0.15) is 17.6 Å². The van der Waals surface area contributed by atoms with Crippen molar-refractivity contribution >= 4 is 12.0 Å². The minimum atomic E-state index is -2.89. The molecule has 0 spiro atoms. The molecule has 1 amide bonds. The normalized spacial score (nSPS) is 11.2. The summed E-state index contributed by atoms with van der Waals surface area (Å²) in [6.07, 6.45) is 2.80. The lowest BCUT2D eigenvalue weighted by atomic mass is 10.2. The highest BCUT2D eigenvalue weighted by molar-refractivity contribution is 5.91. The summed E-state index contributed by atoms with van der Waals surface area (Å²) < 4.78 is 56.7. The van der Waals surface area contributed by atoms with Crippen LogP contribution in [0.3, 0.4) is 0 Å². The number of amides is 1. The zero-order valence-electron chi connectivity index (χ0n) is 13.4. The fourth-order valence-corrected chi connectivity index (χ4v) is 1.97. The molecule has 2 aromatic rings. The van der Waals surface area contributed by atoms with Crippen molar-refractivity contribution in [3.05, 3.63) is 65.7 Å². The summed E-state index contributed by atoms with van der Waals surface area (Å²) in [5.41, 5.74) is 1.34. The van der Waals surface area contributed by atoms with Gasteiger partial charge in [0.1, 0.15) is 11.5 Å². The van der Waals surface area contributed by atoms with Crippen LogP contribution in [0.4, 0.5) is 17.6 Å². The van der Waals surface area contributed by atoms with Crippen LogP contribution in [0.1, 0.15) is 11.1 Å². The molecule has 0 radical (unpaired) electrons. The van der Waals surface area contributed by atoms with Gasteiger partial charge in [-0.25, -0.2) is 0 Å². The third kappa shape index (κ3) is 6.84. The molecule has 0 unspecified atom stereocenters. The number of hydrogen-bond acceptors (Lipinski definition) is 3. The average molecular weight is 369 g/mol. The molecule has 138 valence electrons. The standard InChI is InChI=1S/C18H15F4NO3/c19-17(20)25-14-6-1-12(2-7-14)5-10-16(24)23-11-13-3-8-15(9-4-13)26-18(21)22/h1-10,17-18H,11H2,(H,23,24)/b10-5+. The van der Waals surface area contributed by atoms with E-state index in [9.17, 15) is 22.4 Å². The van der Waals surface area contributed by atoms with Gasteiger partial charge in [0.05, 0.1) is 0 Å². The molecular weight excluding hydrogens is 354 g/mol. The van der Waals surface area contributed by atoms with Crippen LogP contribution in [0.5, 0.6) is 11.5 Å². The maximum absolute atomic E-state index is 12.1. The number of rotatable bonds is 8. The molecule has 0 aromatic heterocycles. The number of hydrogen-bond donors (Lipinski definition) is 1. The lowest BCUT2D eigenvalue weighted by Crippen LogP contribution is -2.20. The highest BCUT2D eigenvalue weighted by atomic mass is 19.3. The van der Waals surface area contributed by atoms with Crippen LogP contribution in [-0.4, -0.2) is 19.1 Å². The number of benzene rings is 2. The molecular formula is C18H15F4NO3. The number of ether oxygens (including phenoxy) is 2. The first kappa shape index (κ1) is 19.3. The maximum Gasteiger partial charge on any atom is 0.387 e. The molecule has 8 heteroatoms. The Morgan fingerprint density at radius 1 is 0.885 bits per heavy atom. The smallest absolute Gasteiger partial charge is 0.387 e. The van der Waals surface area contributed by atoms with E-state index in [2.05, 4.69) is 14.8 Å². The second kappa shape index (κ2) is 9.45. The number of carbonyl (C=O) groups excluding carboxylic acids is 1. The van der Waals surface area contributed by atoms with Crippen molar-refractivity contribution in [2.75, 3.05) is 0 Å². The van der Waals surface area contributed by atoms with Crippen molar-refractivity contribution in [2.24, 2.45) is 0 Å². The molecule has 0 bridgehead atoms. The zero-order valence-corrected chi connectivity index (χ0v) is 13.4. The highest BCUT2D eigenvalue weighted by Crippen LogP contribution is 2.16. The first-order valence-corrected chi connectivity index (χ1v) is 7.47. The molecule has 0 aliphatic heterocycles. The van der Waals surface area contributed by atoms with E-state index in [1.165, 1.54) is 48.6 Å². The van der Waals surface area contributed by atoms with E-state index in [0.717, 1.165) is 0 Å². The Hall–Kier alpha value is -3.03. The van der Waals surface area contributed by atoms with E-state index in [4.69, 9.17) is 0 Å². The lowest BCUT2D eigenvalue weighted by molar-refractivity contribution is -0.116. The van der Waals surface area contributed by atoms with Crippen molar-refractivity contribution in [3.63, 3.8) is 0 Å². The Morgan fingerprint density at radius 2 is 1.38 bits per heavy atom. The molecule has 0 fully saturated rings. The molecule has 0 saturated heterocycles. The molecule has 0 atom stereocenters. The summed E-state index contributed by atoms with van der Waals surface area (Å²) >= 11 is 0. The van der Waals surface area contributed by atoms with Gasteiger partial charge in [0.2, 0.25) is 5.91 Å². The molecule has 1 N–H and O–H groups in total.